The van der Waals surface area contributed by atoms with Gasteiger partial charge < -0.3 is 20.5 Å². The smallest absolute Gasteiger partial charge is 0.223 e. The minimum atomic E-state index is -0.0609. The van der Waals surface area contributed by atoms with Crippen LogP contribution in [-0.2, 0) is 16.0 Å². The van der Waals surface area contributed by atoms with Gasteiger partial charge in [-0.3, -0.25) is 4.79 Å². The lowest BCUT2D eigenvalue weighted by Crippen LogP contribution is -2.46. The molecular weight excluding hydrogens is 352 g/mol. The number of amides is 1. The van der Waals surface area contributed by atoms with Gasteiger partial charge in [-0.2, -0.15) is 0 Å². The van der Waals surface area contributed by atoms with Crippen LogP contribution >= 0.6 is 0 Å². The van der Waals surface area contributed by atoms with E-state index in [0.29, 0.717) is 13.0 Å². The summed E-state index contributed by atoms with van der Waals surface area (Å²) in [5.74, 6) is 0.943. The molecule has 0 aromatic heterocycles. The molecule has 0 unspecified atom stereocenters. The quantitative estimate of drug-likeness (QED) is 0.731. The van der Waals surface area contributed by atoms with Crippen LogP contribution in [0.3, 0.4) is 0 Å². The van der Waals surface area contributed by atoms with Crippen LogP contribution in [0.4, 0.5) is 0 Å². The summed E-state index contributed by atoms with van der Waals surface area (Å²) < 4.78 is 11.3. The molecule has 28 heavy (non-hydrogen) atoms. The largest absolute Gasteiger partial charge is 0.496 e. The summed E-state index contributed by atoms with van der Waals surface area (Å²) >= 11 is 0. The maximum absolute atomic E-state index is 12.6. The summed E-state index contributed by atoms with van der Waals surface area (Å²) in [5, 5.41) is 5.46. The van der Waals surface area contributed by atoms with Gasteiger partial charge in [0.2, 0.25) is 5.91 Å². The lowest BCUT2D eigenvalue weighted by atomic mass is 9.83. The number of fused-ring (bicyclic) bond motifs is 1. The number of rotatable bonds is 8. The molecule has 0 spiro atoms. The van der Waals surface area contributed by atoms with Gasteiger partial charge in [0.05, 0.1) is 13.2 Å². The van der Waals surface area contributed by atoms with Crippen molar-refractivity contribution in [1.29, 1.82) is 0 Å². The van der Waals surface area contributed by atoms with E-state index in [1.165, 1.54) is 10.8 Å². The van der Waals surface area contributed by atoms with E-state index in [1.54, 1.807) is 7.11 Å². The van der Waals surface area contributed by atoms with Crippen molar-refractivity contribution in [1.82, 2.24) is 5.32 Å². The molecule has 2 aromatic carbocycles. The van der Waals surface area contributed by atoms with E-state index in [0.717, 1.165) is 43.6 Å². The van der Waals surface area contributed by atoms with Crippen LogP contribution in [-0.4, -0.2) is 38.3 Å². The fraction of sp³-hybridized carbons (Fsp3) is 0.522. The zero-order valence-electron chi connectivity index (χ0n) is 16.9. The predicted molar refractivity (Wildman–Crippen MR) is 113 cm³/mol. The van der Waals surface area contributed by atoms with Crippen molar-refractivity contribution >= 4 is 16.7 Å². The third-order valence-electron chi connectivity index (χ3n) is 5.63. The SMILES string of the molecule is CCCO[C@@H]1CC[C@H](C(=O)NCCc2c(OC)ccc3ccccc23)C[C@H]1N. The van der Waals surface area contributed by atoms with Gasteiger partial charge in [-0.05, 0) is 48.9 Å². The topological polar surface area (TPSA) is 73.6 Å². The number of benzene rings is 2. The van der Waals surface area contributed by atoms with E-state index in [9.17, 15) is 4.79 Å². The number of nitrogens with two attached hydrogens (primary N) is 1. The van der Waals surface area contributed by atoms with E-state index in [-0.39, 0.29) is 24.0 Å². The number of ether oxygens (including phenoxy) is 2. The Hall–Kier alpha value is -2.11. The molecule has 0 radical (unpaired) electrons. The second-order valence-corrected chi connectivity index (χ2v) is 7.59. The lowest BCUT2D eigenvalue weighted by Gasteiger charge is -2.33. The van der Waals surface area contributed by atoms with Crippen molar-refractivity contribution < 1.29 is 14.3 Å². The summed E-state index contributed by atoms with van der Waals surface area (Å²) in [4.78, 5) is 12.6. The molecule has 152 valence electrons. The van der Waals surface area contributed by atoms with Gasteiger partial charge >= 0.3 is 0 Å². The third-order valence-corrected chi connectivity index (χ3v) is 5.63. The van der Waals surface area contributed by atoms with Crippen LogP contribution in [0.2, 0.25) is 0 Å². The first-order chi connectivity index (χ1) is 13.6. The minimum Gasteiger partial charge on any atom is -0.496 e. The number of nitrogens with one attached hydrogen (secondary N) is 1. The second kappa shape index (κ2) is 9.89. The maximum atomic E-state index is 12.6. The van der Waals surface area contributed by atoms with E-state index >= 15 is 0 Å². The highest BCUT2D eigenvalue weighted by Gasteiger charge is 2.32. The van der Waals surface area contributed by atoms with Gasteiger partial charge in [-0.15, -0.1) is 0 Å². The summed E-state index contributed by atoms with van der Waals surface area (Å²) in [6.07, 6.45) is 4.20. The van der Waals surface area contributed by atoms with Gasteiger partial charge in [0.15, 0.2) is 0 Å². The van der Waals surface area contributed by atoms with Gasteiger partial charge in [-0.25, -0.2) is 0 Å². The Morgan fingerprint density at radius 3 is 2.79 bits per heavy atom. The molecule has 0 bridgehead atoms. The molecule has 1 fully saturated rings. The molecular formula is C23H32N2O3. The highest BCUT2D eigenvalue weighted by molar-refractivity contribution is 5.88. The number of methoxy groups -OCH3 is 1. The van der Waals surface area contributed by atoms with Crippen LogP contribution in [0.15, 0.2) is 36.4 Å². The Morgan fingerprint density at radius 1 is 1.21 bits per heavy atom. The van der Waals surface area contributed by atoms with Crippen molar-refractivity contribution in [3.63, 3.8) is 0 Å². The number of carbonyl (C=O) groups is 1. The van der Waals surface area contributed by atoms with Crippen LogP contribution < -0.4 is 15.8 Å². The molecule has 0 heterocycles. The van der Waals surface area contributed by atoms with Crippen LogP contribution in [0.1, 0.15) is 38.2 Å². The van der Waals surface area contributed by atoms with Gasteiger partial charge in [0.1, 0.15) is 5.75 Å². The average Bonchev–Trinajstić information content (AvgIpc) is 2.72. The van der Waals surface area contributed by atoms with Crippen molar-refractivity contribution in [3.05, 3.63) is 42.0 Å². The fourth-order valence-electron chi connectivity index (χ4n) is 4.11. The lowest BCUT2D eigenvalue weighted by molar-refractivity contribution is -0.127. The van der Waals surface area contributed by atoms with Crippen LogP contribution in [0.5, 0.6) is 5.75 Å². The Labute approximate surface area is 167 Å². The van der Waals surface area contributed by atoms with E-state index < -0.39 is 0 Å². The molecule has 0 saturated heterocycles. The van der Waals surface area contributed by atoms with Crippen molar-refractivity contribution in [2.45, 2.75) is 51.2 Å². The van der Waals surface area contributed by atoms with Crippen molar-refractivity contribution in [3.8, 4) is 5.75 Å². The zero-order chi connectivity index (χ0) is 19.9. The van der Waals surface area contributed by atoms with E-state index in [2.05, 4.69) is 30.4 Å². The van der Waals surface area contributed by atoms with Gasteiger partial charge in [0.25, 0.3) is 0 Å². The van der Waals surface area contributed by atoms with Gasteiger partial charge in [-0.1, -0.05) is 37.3 Å². The first kappa shape index (κ1) is 20.6. The Bertz CT molecular complexity index is 793. The third kappa shape index (κ3) is 4.83. The summed E-state index contributed by atoms with van der Waals surface area (Å²) in [5.41, 5.74) is 7.38. The molecule has 0 aliphatic heterocycles. The van der Waals surface area contributed by atoms with E-state index in [1.807, 2.05) is 18.2 Å². The molecule has 1 aliphatic carbocycles. The number of hydrogen-bond donors (Lipinski definition) is 2. The number of carbonyl (C=O) groups excluding carboxylic acids is 1. The molecule has 5 nitrogen and oxygen atoms in total. The fourth-order valence-corrected chi connectivity index (χ4v) is 4.11. The zero-order valence-corrected chi connectivity index (χ0v) is 16.9. The summed E-state index contributed by atoms with van der Waals surface area (Å²) in [6, 6.07) is 12.3. The highest BCUT2D eigenvalue weighted by atomic mass is 16.5. The molecule has 1 saturated carbocycles. The normalized spacial score (nSPS) is 22.2. The number of hydrogen-bond acceptors (Lipinski definition) is 4. The molecule has 3 N–H and O–H groups in total. The second-order valence-electron chi connectivity index (χ2n) is 7.59. The average molecular weight is 385 g/mol. The van der Waals surface area contributed by atoms with Crippen LogP contribution in [0.25, 0.3) is 10.8 Å². The molecule has 2 aromatic rings. The molecule has 1 aliphatic rings. The van der Waals surface area contributed by atoms with Gasteiger partial charge in [0, 0.05) is 30.7 Å². The highest BCUT2D eigenvalue weighted by Crippen LogP contribution is 2.29. The standard InChI is InChI=1S/C23H32N2O3/c1-3-14-28-22-11-9-17(15-20(22)24)23(26)25-13-12-19-18-7-5-4-6-16(18)8-10-21(19)27-2/h4-8,10,17,20,22H,3,9,11-15,24H2,1-2H3,(H,25,26)/t17-,20+,22+/m0/s1. The minimum absolute atomic E-state index is 0.0223. The Kier molecular flexibility index (Phi) is 7.29. The molecule has 3 atom stereocenters. The molecule has 5 heteroatoms. The molecule has 1 amide bonds. The monoisotopic (exact) mass is 384 g/mol. The predicted octanol–water partition coefficient (Wildman–Crippen LogP) is 3.43. The van der Waals surface area contributed by atoms with Crippen LogP contribution in [0, 0.1) is 5.92 Å². The maximum Gasteiger partial charge on any atom is 0.223 e. The summed E-state index contributed by atoms with van der Waals surface area (Å²) in [6.45, 7) is 3.42. The Balaban J connectivity index is 1.56. The molecule has 3 rings (SSSR count). The summed E-state index contributed by atoms with van der Waals surface area (Å²) in [7, 11) is 1.69. The first-order valence-corrected chi connectivity index (χ1v) is 10.3. The van der Waals surface area contributed by atoms with E-state index in [4.69, 9.17) is 15.2 Å². The Morgan fingerprint density at radius 2 is 2.04 bits per heavy atom. The van der Waals surface area contributed by atoms with Crippen molar-refractivity contribution in [2.75, 3.05) is 20.3 Å². The van der Waals surface area contributed by atoms with Crippen molar-refractivity contribution in [2.24, 2.45) is 11.7 Å². The first-order valence-electron chi connectivity index (χ1n) is 10.3.